The number of benzene rings is 1. The molecule has 0 spiro atoms. The van der Waals surface area contributed by atoms with Crippen molar-refractivity contribution in [2.75, 3.05) is 33.3 Å². The second kappa shape index (κ2) is 7.41. The fourth-order valence-electron chi connectivity index (χ4n) is 2.54. The third-order valence-corrected chi connectivity index (χ3v) is 4.20. The standard InChI is InChI=1S/C15H23BrN2O2/c1-3-14(13-8-11(16)4-5-15(13)19)17-9-12-10-18(2)6-7-20-12/h4-5,8,12,14,17,19H,3,6-7,9-10H2,1-2H3. The van der Waals surface area contributed by atoms with Crippen LogP contribution >= 0.6 is 15.9 Å². The number of morpholine rings is 1. The molecule has 0 aromatic heterocycles. The Kier molecular flexibility index (Phi) is 5.84. The van der Waals surface area contributed by atoms with E-state index in [1.807, 2.05) is 12.1 Å². The highest BCUT2D eigenvalue weighted by atomic mass is 79.9. The molecular weight excluding hydrogens is 320 g/mol. The Morgan fingerprint density at radius 2 is 2.35 bits per heavy atom. The maximum absolute atomic E-state index is 10.0. The van der Waals surface area contributed by atoms with Gasteiger partial charge in [0.05, 0.1) is 12.7 Å². The summed E-state index contributed by atoms with van der Waals surface area (Å²) < 4.78 is 6.74. The van der Waals surface area contributed by atoms with Crippen LogP contribution in [0.3, 0.4) is 0 Å². The average Bonchev–Trinajstić information content (AvgIpc) is 2.43. The zero-order valence-corrected chi connectivity index (χ0v) is 13.7. The zero-order valence-electron chi connectivity index (χ0n) is 12.1. The minimum Gasteiger partial charge on any atom is -0.508 e. The second-order valence-corrected chi connectivity index (χ2v) is 6.24. The van der Waals surface area contributed by atoms with E-state index in [2.05, 4.69) is 40.1 Å². The van der Waals surface area contributed by atoms with E-state index in [0.29, 0.717) is 5.75 Å². The molecule has 0 amide bonds. The van der Waals surface area contributed by atoms with Crippen LogP contribution in [0.1, 0.15) is 24.9 Å². The maximum atomic E-state index is 10.0. The summed E-state index contributed by atoms with van der Waals surface area (Å²) in [6, 6.07) is 5.70. The topological polar surface area (TPSA) is 44.7 Å². The van der Waals surface area contributed by atoms with Gasteiger partial charge in [-0.3, -0.25) is 0 Å². The number of phenolic OH excluding ortho intramolecular Hbond substituents is 1. The molecule has 1 aliphatic heterocycles. The van der Waals surface area contributed by atoms with Crippen molar-refractivity contribution < 1.29 is 9.84 Å². The van der Waals surface area contributed by atoms with Gasteiger partial charge in [0.2, 0.25) is 0 Å². The van der Waals surface area contributed by atoms with Gasteiger partial charge in [0.25, 0.3) is 0 Å². The van der Waals surface area contributed by atoms with Crippen LogP contribution in [-0.4, -0.2) is 49.4 Å². The molecule has 0 radical (unpaired) electrons. The van der Waals surface area contributed by atoms with Crippen LogP contribution in [0.25, 0.3) is 0 Å². The second-order valence-electron chi connectivity index (χ2n) is 5.33. The van der Waals surface area contributed by atoms with Crippen LogP contribution in [0.2, 0.25) is 0 Å². The van der Waals surface area contributed by atoms with Gasteiger partial charge >= 0.3 is 0 Å². The van der Waals surface area contributed by atoms with Crippen LogP contribution < -0.4 is 5.32 Å². The molecule has 2 unspecified atom stereocenters. The highest BCUT2D eigenvalue weighted by molar-refractivity contribution is 9.10. The monoisotopic (exact) mass is 342 g/mol. The van der Waals surface area contributed by atoms with Crippen molar-refractivity contribution in [3.63, 3.8) is 0 Å². The summed E-state index contributed by atoms with van der Waals surface area (Å²) in [7, 11) is 2.12. The Hall–Kier alpha value is -0.620. The third-order valence-electron chi connectivity index (χ3n) is 3.71. The molecule has 0 saturated carbocycles. The molecule has 2 rings (SSSR count). The van der Waals surface area contributed by atoms with Gasteiger partial charge in [0.1, 0.15) is 5.75 Å². The quantitative estimate of drug-likeness (QED) is 0.862. The van der Waals surface area contributed by atoms with Gasteiger partial charge in [0, 0.05) is 35.7 Å². The number of likely N-dealkylation sites (N-methyl/N-ethyl adjacent to an activating group) is 1. The molecule has 1 aromatic carbocycles. The van der Waals surface area contributed by atoms with Crippen molar-refractivity contribution in [2.24, 2.45) is 0 Å². The van der Waals surface area contributed by atoms with Crippen LogP contribution in [-0.2, 0) is 4.74 Å². The first-order chi connectivity index (χ1) is 9.60. The number of phenols is 1. The summed E-state index contributed by atoms with van der Waals surface area (Å²) in [4.78, 5) is 2.29. The summed E-state index contributed by atoms with van der Waals surface area (Å²) in [5.74, 6) is 0.342. The van der Waals surface area contributed by atoms with Gasteiger partial charge in [0.15, 0.2) is 0 Å². The van der Waals surface area contributed by atoms with E-state index in [4.69, 9.17) is 4.74 Å². The number of nitrogens with one attached hydrogen (secondary N) is 1. The number of ether oxygens (including phenoxy) is 1. The first kappa shape index (κ1) is 15.8. The summed E-state index contributed by atoms with van der Waals surface area (Å²) in [6.45, 7) is 5.66. The number of nitrogens with zero attached hydrogens (tertiary/aromatic N) is 1. The number of rotatable bonds is 5. The fraction of sp³-hybridized carbons (Fsp3) is 0.600. The van der Waals surface area contributed by atoms with Gasteiger partial charge in [-0.15, -0.1) is 0 Å². The lowest BCUT2D eigenvalue weighted by molar-refractivity contribution is -0.0193. The van der Waals surface area contributed by atoms with E-state index < -0.39 is 0 Å². The maximum Gasteiger partial charge on any atom is 0.120 e. The molecule has 2 N–H and O–H groups in total. The van der Waals surface area contributed by atoms with Gasteiger partial charge < -0.3 is 20.1 Å². The Morgan fingerprint density at radius 3 is 3.05 bits per heavy atom. The smallest absolute Gasteiger partial charge is 0.120 e. The molecule has 1 aromatic rings. The third kappa shape index (κ3) is 4.19. The Labute approximate surface area is 129 Å². The van der Waals surface area contributed by atoms with E-state index >= 15 is 0 Å². The molecule has 1 fully saturated rings. The number of aromatic hydroxyl groups is 1. The first-order valence-corrected chi connectivity index (χ1v) is 7.91. The SMILES string of the molecule is CCC(NCC1CN(C)CCO1)c1cc(Br)ccc1O. The average molecular weight is 343 g/mol. The van der Waals surface area contributed by atoms with Gasteiger partial charge in [-0.1, -0.05) is 22.9 Å². The first-order valence-electron chi connectivity index (χ1n) is 7.12. The molecule has 5 heteroatoms. The van der Waals surface area contributed by atoms with E-state index in [-0.39, 0.29) is 12.1 Å². The molecule has 4 nitrogen and oxygen atoms in total. The lowest BCUT2D eigenvalue weighted by Gasteiger charge is -2.31. The molecule has 0 bridgehead atoms. The van der Waals surface area contributed by atoms with Crippen LogP contribution in [0.4, 0.5) is 0 Å². The molecule has 1 aliphatic rings. The predicted octanol–water partition coefficient (Wildman–Crippen LogP) is 2.53. The van der Waals surface area contributed by atoms with E-state index in [9.17, 15) is 5.11 Å². The summed E-state index contributed by atoms with van der Waals surface area (Å²) in [5.41, 5.74) is 0.936. The molecular formula is C15H23BrN2O2. The minimum atomic E-state index is 0.142. The largest absolute Gasteiger partial charge is 0.508 e. The fourth-order valence-corrected chi connectivity index (χ4v) is 2.92. The minimum absolute atomic E-state index is 0.142. The summed E-state index contributed by atoms with van der Waals surface area (Å²) >= 11 is 3.46. The van der Waals surface area contributed by atoms with Gasteiger partial charge in [-0.2, -0.15) is 0 Å². The molecule has 112 valence electrons. The predicted molar refractivity (Wildman–Crippen MR) is 84.1 cm³/mol. The summed E-state index contributed by atoms with van der Waals surface area (Å²) in [5, 5.41) is 13.5. The Bertz CT molecular complexity index is 442. The van der Waals surface area contributed by atoms with E-state index in [1.54, 1.807) is 6.07 Å². The highest BCUT2D eigenvalue weighted by Crippen LogP contribution is 2.29. The zero-order chi connectivity index (χ0) is 14.5. The van der Waals surface area contributed by atoms with Gasteiger partial charge in [-0.25, -0.2) is 0 Å². The molecule has 20 heavy (non-hydrogen) atoms. The number of hydrogen-bond donors (Lipinski definition) is 2. The van der Waals surface area contributed by atoms with E-state index in [1.165, 1.54) is 0 Å². The Morgan fingerprint density at radius 1 is 1.55 bits per heavy atom. The van der Waals surface area contributed by atoms with Crippen molar-refractivity contribution in [1.82, 2.24) is 10.2 Å². The van der Waals surface area contributed by atoms with Crippen LogP contribution in [0.15, 0.2) is 22.7 Å². The van der Waals surface area contributed by atoms with Crippen LogP contribution in [0, 0.1) is 0 Å². The van der Waals surface area contributed by atoms with Crippen molar-refractivity contribution in [3.05, 3.63) is 28.2 Å². The lowest BCUT2D eigenvalue weighted by Crippen LogP contribution is -2.45. The molecule has 1 heterocycles. The molecule has 2 atom stereocenters. The molecule has 0 aliphatic carbocycles. The van der Waals surface area contributed by atoms with Gasteiger partial charge in [-0.05, 0) is 31.7 Å². The van der Waals surface area contributed by atoms with Crippen molar-refractivity contribution in [1.29, 1.82) is 0 Å². The number of hydrogen-bond acceptors (Lipinski definition) is 4. The highest BCUT2D eigenvalue weighted by Gasteiger charge is 2.20. The van der Waals surface area contributed by atoms with Crippen LogP contribution in [0.5, 0.6) is 5.75 Å². The number of halogens is 1. The van der Waals surface area contributed by atoms with Crippen molar-refractivity contribution >= 4 is 15.9 Å². The molecule has 1 saturated heterocycles. The van der Waals surface area contributed by atoms with E-state index in [0.717, 1.165) is 42.7 Å². The van der Waals surface area contributed by atoms with Crippen molar-refractivity contribution in [3.8, 4) is 5.75 Å². The summed E-state index contributed by atoms with van der Waals surface area (Å²) in [6.07, 6.45) is 1.14. The Balaban J connectivity index is 1.96. The van der Waals surface area contributed by atoms with Crippen molar-refractivity contribution in [2.45, 2.75) is 25.5 Å². The normalized spacial score (nSPS) is 21.9. The lowest BCUT2D eigenvalue weighted by atomic mass is 10.0.